The molecule has 124 valence electrons. The van der Waals surface area contributed by atoms with E-state index in [2.05, 4.69) is 9.97 Å². The number of rotatable bonds is 2. The highest BCUT2D eigenvalue weighted by atomic mass is 16.6. The van der Waals surface area contributed by atoms with E-state index in [4.69, 9.17) is 12.6 Å². The summed E-state index contributed by atoms with van der Waals surface area (Å²) in [6.45, 7) is 6.32. The molecule has 0 spiro atoms. The maximum absolute atomic E-state index is 12.4. The van der Waals surface area contributed by atoms with E-state index in [1.807, 2.05) is 45.0 Å². The van der Waals surface area contributed by atoms with E-state index in [-0.39, 0.29) is 12.1 Å². The second kappa shape index (κ2) is 6.34. The molecule has 1 aromatic carbocycles. The summed E-state index contributed by atoms with van der Waals surface area (Å²) >= 11 is 0. The van der Waals surface area contributed by atoms with Crippen molar-refractivity contribution in [3.63, 3.8) is 0 Å². The van der Waals surface area contributed by atoms with Gasteiger partial charge in [0, 0.05) is 6.54 Å². The Kier molecular flexibility index (Phi) is 4.39. The van der Waals surface area contributed by atoms with Gasteiger partial charge in [0.25, 0.3) is 0 Å². The van der Waals surface area contributed by atoms with E-state index < -0.39 is 5.60 Å². The first-order valence-electron chi connectivity index (χ1n) is 8.24. The van der Waals surface area contributed by atoms with Crippen molar-refractivity contribution in [2.45, 2.75) is 45.3 Å². The van der Waals surface area contributed by atoms with Crippen LogP contribution >= 0.6 is 0 Å². The van der Waals surface area contributed by atoms with Crippen molar-refractivity contribution >= 4 is 19.4 Å². The maximum atomic E-state index is 12.4. The number of aromatic nitrogens is 2. The average Bonchev–Trinajstić information content (AvgIpc) is 3.15. The fraction of sp³-hybridized carbons (Fsp3) is 0.444. The summed E-state index contributed by atoms with van der Waals surface area (Å²) in [5.74, 6) is 0.796. The van der Waals surface area contributed by atoms with Gasteiger partial charge >= 0.3 is 6.09 Å². The van der Waals surface area contributed by atoms with E-state index in [1.54, 1.807) is 11.1 Å². The van der Waals surface area contributed by atoms with Crippen molar-refractivity contribution in [1.82, 2.24) is 14.9 Å². The number of likely N-dealkylation sites (tertiary alicyclic amines) is 1. The molecule has 0 unspecified atom stereocenters. The SMILES string of the molecule is [B]c1ccc(-c2cnc([C@@H]3CCCN3C(=O)OC(C)(C)C)[nH]2)cc1. The number of imidazole rings is 1. The lowest BCUT2D eigenvalue weighted by Crippen LogP contribution is -2.36. The van der Waals surface area contributed by atoms with Gasteiger partial charge in [-0.2, -0.15) is 0 Å². The van der Waals surface area contributed by atoms with Gasteiger partial charge in [-0.05, 0) is 39.2 Å². The lowest BCUT2D eigenvalue weighted by molar-refractivity contribution is 0.0219. The van der Waals surface area contributed by atoms with E-state index in [1.165, 1.54) is 0 Å². The van der Waals surface area contributed by atoms with Crippen molar-refractivity contribution in [2.24, 2.45) is 0 Å². The molecule has 1 N–H and O–H groups in total. The second-order valence-electron chi connectivity index (χ2n) is 7.14. The minimum atomic E-state index is -0.498. The summed E-state index contributed by atoms with van der Waals surface area (Å²) in [4.78, 5) is 22.0. The number of ether oxygens (including phenoxy) is 1. The number of carbonyl (C=O) groups is 1. The number of H-pyrrole nitrogens is 1. The Morgan fingerprint density at radius 1 is 1.33 bits per heavy atom. The standard InChI is InChI=1S/C18H22BN3O2/c1-18(2,3)24-17(23)22-10-4-5-15(22)16-20-11-14(21-16)12-6-8-13(19)9-7-12/h6-9,11,15H,4-5,10H2,1-3H3,(H,20,21)/t15-/m0/s1. The molecule has 1 aliphatic rings. The lowest BCUT2D eigenvalue weighted by Gasteiger charge is -2.27. The number of nitrogens with zero attached hydrogens (tertiary/aromatic N) is 2. The molecule has 1 amide bonds. The van der Waals surface area contributed by atoms with Gasteiger partial charge in [-0.3, -0.25) is 4.90 Å². The molecule has 1 atom stereocenters. The zero-order chi connectivity index (χ0) is 17.3. The van der Waals surface area contributed by atoms with Gasteiger partial charge in [0.1, 0.15) is 19.3 Å². The highest BCUT2D eigenvalue weighted by Gasteiger charge is 2.34. The molecule has 24 heavy (non-hydrogen) atoms. The van der Waals surface area contributed by atoms with Gasteiger partial charge in [-0.25, -0.2) is 9.78 Å². The summed E-state index contributed by atoms with van der Waals surface area (Å²) in [5.41, 5.74) is 2.17. The summed E-state index contributed by atoms with van der Waals surface area (Å²) < 4.78 is 5.51. The largest absolute Gasteiger partial charge is 0.444 e. The summed E-state index contributed by atoms with van der Waals surface area (Å²) in [5, 5.41) is 0. The highest BCUT2D eigenvalue weighted by molar-refractivity contribution is 6.32. The predicted molar refractivity (Wildman–Crippen MR) is 94.3 cm³/mol. The third-order valence-electron chi connectivity index (χ3n) is 4.01. The minimum absolute atomic E-state index is 0.0672. The topological polar surface area (TPSA) is 58.2 Å². The molecule has 1 aromatic heterocycles. The Balaban J connectivity index is 1.78. The van der Waals surface area contributed by atoms with Crippen LogP contribution < -0.4 is 5.46 Å². The van der Waals surface area contributed by atoms with Gasteiger partial charge in [0.05, 0.1) is 17.9 Å². The quantitative estimate of drug-likeness (QED) is 0.865. The molecule has 1 fully saturated rings. The van der Waals surface area contributed by atoms with Crippen molar-refractivity contribution < 1.29 is 9.53 Å². The van der Waals surface area contributed by atoms with Crippen molar-refractivity contribution in [3.8, 4) is 11.3 Å². The number of hydrogen-bond donors (Lipinski definition) is 1. The van der Waals surface area contributed by atoms with Crippen LogP contribution in [0.1, 0.15) is 45.5 Å². The molecule has 0 saturated carbocycles. The molecule has 2 radical (unpaired) electrons. The number of carbonyl (C=O) groups excluding carboxylic acids is 1. The fourth-order valence-electron chi connectivity index (χ4n) is 2.91. The molecule has 0 bridgehead atoms. The van der Waals surface area contributed by atoms with Crippen LogP contribution in [0.2, 0.25) is 0 Å². The first-order chi connectivity index (χ1) is 11.3. The molecule has 1 saturated heterocycles. The third kappa shape index (κ3) is 3.63. The fourth-order valence-corrected chi connectivity index (χ4v) is 2.91. The molecule has 5 nitrogen and oxygen atoms in total. The van der Waals surface area contributed by atoms with E-state index in [0.29, 0.717) is 6.54 Å². The number of nitrogens with one attached hydrogen (secondary N) is 1. The molecule has 6 heteroatoms. The second-order valence-corrected chi connectivity index (χ2v) is 7.14. The van der Waals surface area contributed by atoms with Gasteiger partial charge in [0.2, 0.25) is 0 Å². The Hall–Kier alpha value is -2.24. The van der Waals surface area contributed by atoms with Crippen LogP contribution in [-0.4, -0.2) is 41.0 Å². The van der Waals surface area contributed by atoms with Gasteiger partial charge in [0.15, 0.2) is 0 Å². The molecular weight excluding hydrogens is 301 g/mol. The molecule has 3 rings (SSSR count). The van der Waals surface area contributed by atoms with Crippen LogP contribution in [-0.2, 0) is 4.74 Å². The summed E-state index contributed by atoms with van der Waals surface area (Å²) in [7, 11) is 5.73. The van der Waals surface area contributed by atoms with Crippen molar-refractivity contribution in [1.29, 1.82) is 0 Å². The van der Waals surface area contributed by atoms with Gasteiger partial charge in [-0.15, -0.1) is 0 Å². The molecule has 2 heterocycles. The van der Waals surface area contributed by atoms with Crippen LogP contribution in [0.15, 0.2) is 30.5 Å². The molecule has 1 aliphatic heterocycles. The van der Waals surface area contributed by atoms with Crippen LogP contribution in [0.25, 0.3) is 11.3 Å². The van der Waals surface area contributed by atoms with Crippen molar-refractivity contribution in [3.05, 3.63) is 36.3 Å². The number of aromatic amines is 1. The average molecular weight is 323 g/mol. The van der Waals surface area contributed by atoms with Crippen LogP contribution in [0.4, 0.5) is 4.79 Å². The zero-order valence-electron chi connectivity index (χ0n) is 14.4. The molecule has 2 aromatic rings. The normalized spacial score (nSPS) is 18.0. The van der Waals surface area contributed by atoms with Gasteiger partial charge < -0.3 is 9.72 Å². The van der Waals surface area contributed by atoms with E-state index >= 15 is 0 Å². The lowest BCUT2D eigenvalue weighted by atomic mass is 9.95. The Bertz CT molecular complexity index is 719. The number of hydrogen-bond acceptors (Lipinski definition) is 3. The highest BCUT2D eigenvalue weighted by Crippen LogP contribution is 2.32. The maximum Gasteiger partial charge on any atom is 0.410 e. The number of amides is 1. The monoisotopic (exact) mass is 323 g/mol. The smallest absolute Gasteiger partial charge is 0.410 e. The Morgan fingerprint density at radius 2 is 2.04 bits per heavy atom. The van der Waals surface area contributed by atoms with Crippen LogP contribution in [0.5, 0.6) is 0 Å². The van der Waals surface area contributed by atoms with Crippen molar-refractivity contribution in [2.75, 3.05) is 6.54 Å². The van der Waals surface area contributed by atoms with Gasteiger partial charge in [-0.1, -0.05) is 29.7 Å². The van der Waals surface area contributed by atoms with E-state index in [9.17, 15) is 4.79 Å². The predicted octanol–water partition coefficient (Wildman–Crippen LogP) is 2.94. The summed E-state index contributed by atoms with van der Waals surface area (Å²) in [6.07, 6.45) is 3.35. The van der Waals surface area contributed by atoms with Crippen LogP contribution in [0.3, 0.4) is 0 Å². The molecule has 0 aliphatic carbocycles. The first-order valence-corrected chi connectivity index (χ1v) is 8.24. The Morgan fingerprint density at radius 3 is 2.71 bits per heavy atom. The first kappa shape index (κ1) is 16.6. The molecular formula is C18H22BN3O2. The van der Waals surface area contributed by atoms with Crippen LogP contribution in [0, 0.1) is 0 Å². The number of benzene rings is 1. The zero-order valence-corrected chi connectivity index (χ0v) is 14.4. The summed E-state index contributed by atoms with van der Waals surface area (Å²) in [6, 6.07) is 7.55. The van der Waals surface area contributed by atoms with E-state index in [0.717, 1.165) is 35.4 Å². The minimum Gasteiger partial charge on any atom is -0.444 e. The third-order valence-corrected chi connectivity index (χ3v) is 4.01. The Labute approximate surface area is 143 Å².